The smallest absolute Gasteiger partial charge is 0.317 e. The molecule has 2 aliphatic heterocycles. The normalized spacial score (nSPS) is 35.1. The van der Waals surface area contributed by atoms with Crippen molar-refractivity contribution in [2.24, 2.45) is 23.7 Å². The lowest BCUT2D eigenvalue weighted by molar-refractivity contribution is -0.140. The number of hydrogen-bond acceptors (Lipinski definition) is 4. The molecule has 0 radical (unpaired) electrons. The van der Waals surface area contributed by atoms with Crippen LogP contribution in [-0.2, 0) is 14.3 Å². The zero-order chi connectivity index (χ0) is 16.0. The molecule has 2 bridgehead atoms. The number of morpholine rings is 1. The van der Waals surface area contributed by atoms with Crippen molar-refractivity contribution in [1.82, 2.24) is 15.1 Å². The van der Waals surface area contributed by atoms with Crippen LogP contribution in [0.25, 0.3) is 0 Å². The number of carbonyl (C=O) groups is 3. The van der Waals surface area contributed by atoms with Crippen LogP contribution in [0.2, 0.25) is 0 Å². The molecule has 3 fully saturated rings. The summed E-state index contributed by atoms with van der Waals surface area (Å²) in [6.07, 6.45) is 5.11. The van der Waals surface area contributed by atoms with Gasteiger partial charge in [-0.3, -0.25) is 14.5 Å². The van der Waals surface area contributed by atoms with Gasteiger partial charge in [0.2, 0.25) is 11.8 Å². The maximum absolute atomic E-state index is 12.5. The quantitative estimate of drug-likeness (QED) is 0.579. The van der Waals surface area contributed by atoms with Gasteiger partial charge < -0.3 is 15.0 Å². The number of fused-ring (bicyclic) bond motifs is 5. The van der Waals surface area contributed by atoms with E-state index in [-0.39, 0.29) is 48.1 Å². The van der Waals surface area contributed by atoms with Crippen molar-refractivity contribution in [1.29, 1.82) is 0 Å². The number of amides is 4. The Morgan fingerprint density at radius 2 is 1.74 bits per heavy atom. The highest BCUT2D eigenvalue weighted by Gasteiger charge is 2.58. The molecule has 2 saturated heterocycles. The highest BCUT2D eigenvalue weighted by atomic mass is 16.5. The minimum Gasteiger partial charge on any atom is -0.378 e. The monoisotopic (exact) mass is 319 g/mol. The lowest BCUT2D eigenvalue weighted by Crippen LogP contribution is -2.48. The Bertz CT molecular complexity index is 540. The third-order valence-electron chi connectivity index (χ3n) is 5.47. The summed E-state index contributed by atoms with van der Waals surface area (Å²) >= 11 is 0. The summed E-state index contributed by atoms with van der Waals surface area (Å²) in [5.41, 5.74) is 0. The first-order valence-corrected chi connectivity index (χ1v) is 8.31. The number of urea groups is 1. The van der Waals surface area contributed by atoms with Gasteiger partial charge in [0, 0.05) is 26.2 Å². The van der Waals surface area contributed by atoms with Crippen LogP contribution >= 0.6 is 0 Å². The largest absolute Gasteiger partial charge is 0.378 e. The van der Waals surface area contributed by atoms with Crippen molar-refractivity contribution in [3.8, 4) is 0 Å². The van der Waals surface area contributed by atoms with Crippen LogP contribution in [0.4, 0.5) is 4.79 Å². The van der Waals surface area contributed by atoms with E-state index in [0.29, 0.717) is 32.8 Å². The predicted octanol–water partition coefficient (Wildman–Crippen LogP) is -0.165. The molecule has 7 heteroatoms. The number of hydrogen-bond donors (Lipinski definition) is 1. The molecule has 2 aliphatic carbocycles. The summed E-state index contributed by atoms with van der Waals surface area (Å²) in [5.74, 6) is 0.0265. The molecule has 0 unspecified atom stereocenters. The third kappa shape index (κ3) is 2.34. The lowest BCUT2D eigenvalue weighted by atomic mass is 9.85. The summed E-state index contributed by atoms with van der Waals surface area (Å²) in [7, 11) is 0. The summed E-state index contributed by atoms with van der Waals surface area (Å²) in [4.78, 5) is 40.0. The number of carbonyl (C=O) groups excluding carboxylic acids is 3. The summed E-state index contributed by atoms with van der Waals surface area (Å²) in [6.45, 7) is 2.82. The molecule has 4 atom stereocenters. The SMILES string of the molecule is O=C(NCCN1C(=O)[C@@H]2[C@@H](C1=O)[C@H]1C=C[C@H]2C1)N1CCOCC1. The summed E-state index contributed by atoms with van der Waals surface area (Å²) in [6, 6.07) is -0.158. The zero-order valence-electron chi connectivity index (χ0n) is 12.9. The van der Waals surface area contributed by atoms with Crippen LogP contribution in [0.15, 0.2) is 12.2 Å². The van der Waals surface area contributed by atoms with E-state index in [1.54, 1.807) is 4.90 Å². The first-order valence-electron chi connectivity index (χ1n) is 8.31. The van der Waals surface area contributed by atoms with Gasteiger partial charge >= 0.3 is 6.03 Å². The average molecular weight is 319 g/mol. The van der Waals surface area contributed by atoms with E-state index in [1.165, 1.54) is 4.90 Å². The molecular formula is C16H21N3O4. The number of rotatable bonds is 3. The van der Waals surface area contributed by atoms with E-state index in [2.05, 4.69) is 17.5 Å². The van der Waals surface area contributed by atoms with Crippen molar-refractivity contribution in [3.05, 3.63) is 12.2 Å². The van der Waals surface area contributed by atoms with Gasteiger partial charge in [-0.15, -0.1) is 0 Å². The Balaban J connectivity index is 1.31. The number of likely N-dealkylation sites (tertiary alicyclic amines) is 1. The Kier molecular flexibility index (Phi) is 3.60. The molecule has 0 aromatic carbocycles. The molecular weight excluding hydrogens is 298 g/mol. The van der Waals surface area contributed by atoms with E-state index in [4.69, 9.17) is 4.74 Å². The van der Waals surface area contributed by atoms with Crippen LogP contribution in [0.1, 0.15) is 6.42 Å². The zero-order valence-corrected chi connectivity index (χ0v) is 12.9. The van der Waals surface area contributed by atoms with Gasteiger partial charge in [0.25, 0.3) is 0 Å². The number of allylic oxidation sites excluding steroid dienone is 2. The maximum atomic E-state index is 12.5. The average Bonchev–Trinajstić information content (AvgIpc) is 3.25. The number of imide groups is 1. The first-order chi connectivity index (χ1) is 11.2. The Hall–Kier alpha value is -1.89. The topological polar surface area (TPSA) is 79.0 Å². The van der Waals surface area contributed by atoms with Crippen LogP contribution in [0, 0.1) is 23.7 Å². The highest BCUT2D eigenvalue weighted by Crippen LogP contribution is 2.52. The summed E-state index contributed by atoms with van der Waals surface area (Å²) < 4.78 is 5.21. The highest BCUT2D eigenvalue weighted by molar-refractivity contribution is 6.06. The minimum atomic E-state index is -0.160. The van der Waals surface area contributed by atoms with E-state index < -0.39 is 0 Å². The van der Waals surface area contributed by atoms with Crippen LogP contribution in [0.5, 0.6) is 0 Å². The van der Waals surface area contributed by atoms with Crippen molar-refractivity contribution >= 4 is 17.8 Å². The van der Waals surface area contributed by atoms with Gasteiger partial charge in [0.15, 0.2) is 0 Å². The van der Waals surface area contributed by atoms with Crippen molar-refractivity contribution in [2.75, 3.05) is 39.4 Å². The number of nitrogens with zero attached hydrogens (tertiary/aromatic N) is 2. The second-order valence-corrected chi connectivity index (χ2v) is 6.66. The van der Waals surface area contributed by atoms with Gasteiger partial charge in [-0.1, -0.05) is 12.2 Å². The molecule has 124 valence electrons. The maximum Gasteiger partial charge on any atom is 0.317 e. The fourth-order valence-electron chi connectivity index (χ4n) is 4.34. The number of ether oxygens (including phenoxy) is 1. The molecule has 0 aromatic rings. The summed E-state index contributed by atoms with van der Waals surface area (Å²) in [5, 5.41) is 2.79. The molecule has 1 N–H and O–H groups in total. The van der Waals surface area contributed by atoms with E-state index in [1.807, 2.05) is 0 Å². The molecule has 4 rings (SSSR count). The molecule has 4 aliphatic rings. The van der Waals surface area contributed by atoms with Gasteiger partial charge in [-0.2, -0.15) is 0 Å². The second kappa shape index (κ2) is 5.63. The van der Waals surface area contributed by atoms with Crippen LogP contribution in [0.3, 0.4) is 0 Å². The van der Waals surface area contributed by atoms with Gasteiger partial charge in [-0.25, -0.2) is 4.79 Å². The van der Waals surface area contributed by atoms with Gasteiger partial charge in [-0.05, 0) is 18.3 Å². The van der Waals surface area contributed by atoms with Crippen LogP contribution < -0.4 is 5.32 Å². The Labute approximate surface area is 134 Å². The molecule has 23 heavy (non-hydrogen) atoms. The van der Waals surface area contributed by atoms with Gasteiger partial charge in [0.1, 0.15) is 0 Å². The minimum absolute atomic E-state index is 0.0579. The molecule has 4 amide bonds. The molecule has 7 nitrogen and oxygen atoms in total. The van der Waals surface area contributed by atoms with Crippen LogP contribution in [-0.4, -0.2) is 67.0 Å². The van der Waals surface area contributed by atoms with Crippen molar-refractivity contribution < 1.29 is 19.1 Å². The molecule has 1 saturated carbocycles. The number of nitrogens with one attached hydrogen (secondary N) is 1. The molecule has 0 aromatic heterocycles. The standard InChI is InChI=1S/C16H21N3O4/c20-14-12-10-1-2-11(9-10)13(12)15(21)19(14)4-3-17-16(22)18-5-7-23-8-6-18/h1-2,10-13H,3-9H2,(H,17,22)/t10-,11-,12-,13-/m0/s1. The Morgan fingerprint density at radius 1 is 1.13 bits per heavy atom. The molecule has 2 heterocycles. The van der Waals surface area contributed by atoms with E-state index >= 15 is 0 Å². The fraction of sp³-hybridized carbons (Fsp3) is 0.688. The van der Waals surface area contributed by atoms with Crippen molar-refractivity contribution in [2.45, 2.75) is 6.42 Å². The first kappa shape index (κ1) is 14.7. The lowest BCUT2D eigenvalue weighted by Gasteiger charge is -2.27. The molecule has 0 spiro atoms. The second-order valence-electron chi connectivity index (χ2n) is 6.66. The third-order valence-corrected chi connectivity index (χ3v) is 5.47. The van der Waals surface area contributed by atoms with E-state index in [0.717, 1.165) is 6.42 Å². The van der Waals surface area contributed by atoms with E-state index in [9.17, 15) is 14.4 Å². The predicted molar refractivity (Wildman–Crippen MR) is 80.2 cm³/mol. The fourth-order valence-corrected chi connectivity index (χ4v) is 4.34. The Morgan fingerprint density at radius 3 is 2.35 bits per heavy atom. The van der Waals surface area contributed by atoms with Gasteiger partial charge in [0.05, 0.1) is 25.0 Å². The van der Waals surface area contributed by atoms with Crippen molar-refractivity contribution in [3.63, 3.8) is 0 Å².